The van der Waals surface area contributed by atoms with Crippen molar-refractivity contribution in [2.24, 2.45) is 0 Å². The zero-order valence-electron chi connectivity index (χ0n) is 14.3. The number of anilines is 1. The second-order valence-electron chi connectivity index (χ2n) is 5.56. The fraction of sp³-hybridized carbons (Fsp3) is 0.278. The van der Waals surface area contributed by atoms with Crippen molar-refractivity contribution in [1.82, 2.24) is 9.55 Å². The van der Waals surface area contributed by atoms with Crippen LogP contribution >= 0.6 is 11.3 Å². The highest BCUT2D eigenvalue weighted by Gasteiger charge is 2.09. The molecule has 0 aliphatic carbocycles. The lowest BCUT2D eigenvalue weighted by Crippen LogP contribution is -2.10. The van der Waals surface area contributed by atoms with Gasteiger partial charge in [-0.3, -0.25) is 9.59 Å². The van der Waals surface area contributed by atoms with Crippen molar-refractivity contribution in [2.75, 3.05) is 18.5 Å². The Morgan fingerprint density at radius 2 is 2.08 bits per heavy atom. The van der Waals surface area contributed by atoms with E-state index < -0.39 is 0 Å². The lowest BCUT2D eigenvalue weighted by molar-refractivity contribution is -0.142. The second kappa shape index (κ2) is 8.59. The fourth-order valence-electron chi connectivity index (χ4n) is 2.38. The summed E-state index contributed by atoms with van der Waals surface area (Å²) in [6.07, 6.45) is 1.57. The van der Waals surface area contributed by atoms with Crippen LogP contribution in [0.2, 0.25) is 0 Å². The Hall–Kier alpha value is -2.71. The number of imidazole rings is 1. The maximum atomic E-state index is 12.3. The Balaban J connectivity index is 1.67. The molecule has 26 heavy (non-hydrogen) atoms. The van der Waals surface area contributed by atoms with Crippen molar-refractivity contribution in [3.05, 3.63) is 57.8 Å². The summed E-state index contributed by atoms with van der Waals surface area (Å²) in [5.74, 6) is -0.340. The molecule has 0 saturated carbocycles. The van der Waals surface area contributed by atoms with Crippen LogP contribution in [-0.2, 0) is 27.5 Å². The second-order valence-corrected chi connectivity index (χ2v) is 6.58. The first-order valence-electron chi connectivity index (χ1n) is 8.11. The van der Waals surface area contributed by atoms with Gasteiger partial charge in [0.2, 0.25) is 0 Å². The van der Waals surface area contributed by atoms with E-state index in [2.05, 4.69) is 10.3 Å². The number of aromatic nitrogens is 2. The van der Waals surface area contributed by atoms with E-state index in [0.29, 0.717) is 17.6 Å². The predicted molar refractivity (Wildman–Crippen MR) is 100 cm³/mol. The van der Waals surface area contributed by atoms with Crippen LogP contribution in [0.25, 0.3) is 11.0 Å². The number of carbonyl (C=O) groups is 1. The molecule has 0 aliphatic rings. The van der Waals surface area contributed by atoms with Crippen LogP contribution in [0, 0.1) is 0 Å². The fourth-order valence-corrected chi connectivity index (χ4v) is 3.15. The van der Waals surface area contributed by atoms with Gasteiger partial charge in [0.15, 0.2) is 0 Å². The molecule has 0 saturated heterocycles. The number of fused-ring (bicyclic) bond motifs is 1. The highest BCUT2D eigenvalue weighted by molar-refractivity contribution is 7.14. The number of hydrogen-bond acceptors (Lipinski definition) is 7. The smallest absolute Gasteiger partial charge is 0.302 e. The highest BCUT2D eigenvalue weighted by atomic mass is 32.1. The van der Waals surface area contributed by atoms with Gasteiger partial charge >= 0.3 is 5.97 Å². The summed E-state index contributed by atoms with van der Waals surface area (Å²) in [5.41, 5.74) is 2.26. The highest BCUT2D eigenvalue weighted by Crippen LogP contribution is 2.19. The summed E-state index contributed by atoms with van der Waals surface area (Å²) in [6, 6.07) is 11.9. The summed E-state index contributed by atoms with van der Waals surface area (Å²) in [7, 11) is 0. The van der Waals surface area contributed by atoms with E-state index in [1.54, 1.807) is 10.9 Å². The molecule has 136 valence electrons. The third-order valence-corrected chi connectivity index (χ3v) is 4.48. The van der Waals surface area contributed by atoms with Gasteiger partial charge in [-0.05, 0) is 11.6 Å². The number of carbonyl (C=O) groups excluding carboxylic acids is 1. The average Bonchev–Trinajstić information content (AvgIpc) is 3.04. The lowest BCUT2D eigenvalue weighted by Gasteiger charge is -2.08. The van der Waals surface area contributed by atoms with Crippen LogP contribution in [-0.4, -0.2) is 28.7 Å². The molecule has 7 nitrogen and oxygen atoms in total. The molecule has 2 heterocycles. The number of ether oxygens (including phenoxy) is 2. The molecule has 8 heteroatoms. The van der Waals surface area contributed by atoms with Crippen molar-refractivity contribution in [3.8, 4) is 0 Å². The minimum atomic E-state index is -0.340. The molecule has 1 aromatic carbocycles. The molecule has 2 aromatic heterocycles. The molecular weight excluding hydrogens is 354 g/mol. The van der Waals surface area contributed by atoms with Gasteiger partial charge in [0, 0.05) is 13.5 Å². The molecule has 3 rings (SSSR count). The predicted octanol–water partition coefficient (Wildman–Crippen LogP) is 2.61. The molecule has 0 bridgehead atoms. The van der Waals surface area contributed by atoms with Gasteiger partial charge in [-0.1, -0.05) is 41.7 Å². The standard InChI is InChI=1S/C18H19N3O4S/c1-13(22)25-8-7-24-12-21-11-20-17-15(21)9-16(26-18(17)23)19-10-14-5-3-2-4-6-14/h2-6,9,11,19H,7-8,10,12H2,1H3. The molecule has 1 N–H and O–H groups in total. The summed E-state index contributed by atoms with van der Waals surface area (Å²) in [5, 5.41) is 4.05. The van der Waals surface area contributed by atoms with Crippen LogP contribution in [0.4, 0.5) is 5.00 Å². The van der Waals surface area contributed by atoms with Gasteiger partial charge in [-0.15, -0.1) is 0 Å². The van der Waals surface area contributed by atoms with Crippen molar-refractivity contribution in [1.29, 1.82) is 0 Å². The van der Waals surface area contributed by atoms with Crippen LogP contribution < -0.4 is 10.1 Å². The van der Waals surface area contributed by atoms with Gasteiger partial charge in [0.05, 0.1) is 23.5 Å². The third kappa shape index (κ3) is 4.68. The SMILES string of the molecule is CC(=O)OCCOCn1cnc2c(=O)sc(NCc3ccccc3)cc21. The monoisotopic (exact) mass is 373 g/mol. The first kappa shape index (κ1) is 18.1. The first-order chi connectivity index (χ1) is 12.6. The molecule has 0 fully saturated rings. The summed E-state index contributed by atoms with van der Waals surface area (Å²) in [4.78, 5) is 27.2. The Labute approximate surface area is 154 Å². The van der Waals surface area contributed by atoms with Crippen molar-refractivity contribution in [3.63, 3.8) is 0 Å². The van der Waals surface area contributed by atoms with E-state index in [1.807, 2.05) is 36.4 Å². The maximum absolute atomic E-state index is 12.3. The lowest BCUT2D eigenvalue weighted by atomic mass is 10.2. The summed E-state index contributed by atoms with van der Waals surface area (Å²) >= 11 is 1.13. The zero-order valence-corrected chi connectivity index (χ0v) is 15.1. The van der Waals surface area contributed by atoms with Crippen LogP contribution in [0.15, 0.2) is 47.5 Å². The van der Waals surface area contributed by atoms with E-state index in [0.717, 1.165) is 21.9 Å². The Bertz CT molecular complexity index is 937. The van der Waals surface area contributed by atoms with E-state index in [1.165, 1.54) is 6.92 Å². The van der Waals surface area contributed by atoms with Gasteiger partial charge < -0.3 is 19.4 Å². The number of benzene rings is 1. The van der Waals surface area contributed by atoms with E-state index in [4.69, 9.17) is 9.47 Å². The number of hydrogen-bond donors (Lipinski definition) is 1. The zero-order chi connectivity index (χ0) is 18.4. The van der Waals surface area contributed by atoms with Crippen molar-refractivity contribution in [2.45, 2.75) is 20.2 Å². The largest absolute Gasteiger partial charge is 0.463 e. The van der Waals surface area contributed by atoms with Crippen LogP contribution in [0.1, 0.15) is 12.5 Å². The van der Waals surface area contributed by atoms with Gasteiger partial charge in [-0.25, -0.2) is 4.98 Å². The number of nitrogens with zero attached hydrogens (tertiary/aromatic N) is 2. The van der Waals surface area contributed by atoms with E-state index in [9.17, 15) is 9.59 Å². The third-order valence-electron chi connectivity index (χ3n) is 3.62. The minimum absolute atomic E-state index is 0.100. The van der Waals surface area contributed by atoms with Gasteiger partial charge in [0.1, 0.15) is 18.9 Å². The molecular formula is C18H19N3O4S. The molecule has 0 unspecified atom stereocenters. The molecule has 0 amide bonds. The summed E-state index contributed by atoms with van der Waals surface area (Å²) < 4.78 is 11.9. The average molecular weight is 373 g/mol. The van der Waals surface area contributed by atoms with E-state index >= 15 is 0 Å². The van der Waals surface area contributed by atoms with Crippen LogP contribution in [0.3, 0.4) is 0 Å². The van der Waals surface area contributed by atoms with Crippen molar-refractivity contribution < 1.29 is 14.3 Å². The van der Waals surface area contributed by atoms with Crippen LogP contribution in [0.5, 0.6) is 0 Å². The van der Waals surface area contributed by atoms with Gasteiger partial charge in [0.25, 0.3) is 4.74 Å². The topological polar surface area (TPSA) is 82.5 Å². The van der Waals surface area contributed by atoms with Gasteiger partial charge in [-0.2, -0.15) is 0 Å². The summed E-state index contributed by atoms with van der Waals surface area (Å²) in [6.45, 7) is 2.68. The number of nitrogens with one attached hydrogen (secondary N) is 1. The minimum Gasteiger partial charge on any atom is -0.463 e. The Kier molecular flexibility index (Phi) is 5.98. The molecule has 0 spiro atoms. The first-order valence-corrected chi connectivity index (χ1v) is 8.93. The number of rotatable bonds is 8. The molecule has 0 aliphatic heterocycles. The Morgan fingerprint density at radius 3 is 2.85 bits per heavy atom. The normalized spacial score (nSPS) is 10.8. The van der Waals surface area contributed by atoms with E-state index in [-0.39, 0.29) is 30.7 Å². The number of esters is 1. The quantitative estimate of drug-likeness (QED) is 0.483. The van der Waals surface area contributed by atoms with Crippen molar-refractivity contribution >= 4 is 33.3 Å². The maximum Gasteiger partial charge on any atom is 0.302 e. The Morgan fingerprint density at radius 1 is 1.27 bits per heavy atom. The molecule has 0 radical (unpaired) electrons. The molecule has 3 aromatic rings. The molecule has 0 atom stereocenters.